The van der Waals surface area contributed by atoms with Gasteiger partial charge in [-0.1, -0.05) is 11.6 Å². The Bertz CT molecular complexity index is 566. The maximum absolute atomic E-state index is 6.17. The predicted molar refractivity (Wildman–Crippen MR) is 66.6 cm³/mol. The molecule has 0 bridgehead atoms. The zero-order valence-electron chi connectivity index (χ0n) is 8.76. The molecule has 0 unspecified atom stereocenters. The fraction of sp³-hybridized carbons (Fsp3) is 0.250. The van der Waals surface area contributed by atoms with E-state index in [2.05, 4.69) is 10.3 Å². The highest BCUT2D eigenvalue weighted by Crippen LogP contribution is 2.29. The van der Waals surface area contributed by atoms with Gasteiger partial charge >= 0.3 is 0 Å². The SMILES string of the molecule is Nc1c2c(nc3ccc(Cl)cc13)CCNC2. The molecule has 1 aromatic heterocycles. The van der Waals surface area contributed by atoms with Crippen LogP contribution in [0, 0.1) is 0 Å². The van der Waals surface area contributed by atoms with Crippen LogP contribution in [0.1, 0.15) is 11.3 Å². The molecule has 3 nitrogen and oxygen atoms in total. The second-order valence-corrected chi connectivity index (χ2v) is 4.48. The molecule has 0 atom stereocenters. The summed E-state index contributed by atoms with van der Waals surface area (Å²) in [4.78, 5) is 4.64. The summed E-state index contributed by atoms with van der Waals surface area (Å²) in [6.07, 6.45) is 0.943. The van der Waals surface area contributed by atoms with E-state index in [1.165, 1.54) is 0 Å². The number of hydrogen-bond acceptors (Lipinski definition) is 3. The molecule has 0 radical (unpaired) electrons. The van der Waals surface area contributed by atoms with E-state index in [0.29, 0.717) is 5.02 Å². The molecule has 3 rings (SSSR count). The van der Waals surface area contributed by atoms with E-state index >= 15 is 0 Å². The molecule has 3 N–H and O–H groups in total. The Morgan fingerprint density at radius 3 is 3.12 bits per heavy atom. The number of benzene rings is 1. The van der Waals surface area contributed by atoms with E-state index in [4.69, 9.17) is 17.3 Å². The topological polar surface area (TPSA) is 50.9 Å². The fourth-order valence-corrected chi connectivity index (χ4v) is 2.35. The number of hydrogen-bond donors (Lipinski definition) is 2. The quantitative estimate of drug-likeness (QED) is 0.733. The smallest absolute Gasteiger partial charge is 0.0727 e. The van der Waals surface area contributed by atoms with Crippen molar-refractivity contribution in [2.45, 2.75) is 13.0 Å². The van der Waals surface area contributed by atoms with Crippen molar-refractivity contribution in [2.75, 3.05) is 12.3 Å². The summed E-state index contributed by atoms with van der Waals surface area (Å²) < 4.78 is 0. The highest BCUT2D eigenvalue weighted by atomic mass is 35.5. The fourth-order valence-electron chi connectivity index (χ4n) is 2.18. The standard InChI is InChI=1S/C12H12ClN3/c13-7-1-2-10-8(5-7)12(14)9-6-15-4-3-11(9)16-10/h1-2,5,15H,3-4,6H2,(H2,14,16). The second kappa shape index (κ2) is 3.61. The summed E-state index contributed by atoms with van der Waals surface area (Å²) in [5.41, 5.74) is 10.2. The summed E-state index contributed by atoms with van der Waals surface area (Å²) >= 11 is 5.97. The lowest BCUT2D eigenvalue weighted by atomic mass is 10.0. The van der Waals surface area contributed by atoms with Crippen molar-refractivity contribution >= 4 is 28.2 Å². The largest absolute Gasteiger partial charge is 0.398 e. The molecule has 1 aliphatic rings. The lowest BCUT2D eigenvalue weighted by molar-refractivity contribution is 0.634. The van der Waals surface area contributed by atoms with E-state index in [1.807, 2.05) is 18.2 Å². The zero-order valence-corrected chi connectivity index (χ0v) is 9.51. The highest BCUT2D eigenvalue weighted by Gasteiger charge is 2.15. The number of anilines is 1. The lowest BCUT2D eigenvalue weighted by Crippen LogP contribution is -2.25. The van der Waals surface area contributed by atoms with Gasteiger partial charge < -0.3 is 11.1 Å². The van der Waals surface area contributed by atoms with E-state index in [-0.39, 0.29) is 0 Å². The van der Waals surface area contributed by atoms with Gasteiger partial charge in [0.05, 0.1) is 5.52 Å². The Kier molecular flexibility index (Phi) is 2.23. The summed E-state index contributed by atoms with van der Waals surface area (Å²) in [6, 6.07) is 5.66. The molecule has 2 aromatic rings. The van der Waals surface area contributed by atoms with Gasteiger partial charge in [0.2, 0.25) is 0 Å². The van der Waals surface area contributed by atoms with Gasteiger partial charge in [-0.25, -0.2) is 0 Å². The van der Waals surface area contributed by atoms with Gasteiger partial charge in [0.25, 0.3) is 0 Å². The Labute approximate surface area is 98.6 Å². The number of rotatable bonds is 0. The molecule has 0 saturated heterocycles. The number of pyridine rings is 1. The van der Waals surface area contributed by atoms with Crippen molar-refractivity contribution in [3.8, 4) is 0 Å². The molecule has 0 fully saturated rings. The van der Waals surface area contributed by atoms with Crippen molar-refractivity contribution in [3.05, 3.63) is 34.5 Å². The van der Waals surface area contributed by atoms with E-state index in [9.17, 15) is 0 Å². The van der Waals surface area contributed by atoms with Crippen LogP contribution in [0.25, 0.3) is 10.9 Å². The van der Waals surface area contributed by atoms with Crippen LogP contribution in [0.2, 0.25) is 5.02 Å². The number of halogens is 1. The molecule has 2 heterocycles. The maximum atomic E-state index is 6.17. The highest BCUT2D eigenvalue weighted by molar-refractivity contribution is 6.31. The third-order valence-electron chi connectivity index (χ3n) is 3.02. The molecular formula is C12H12ClN3. The monoisotopic (exact) mass is 233 g/mol. The van der Waals surface area contributed by atoms with Gasteiger partial charge in [0.15, 0.2) is 0 Å². The van der Waals surface area contributed by atoms with Crippen LogP contribution in [0.15, 0.2) is 18.2 Å². The average molecular weight is 234 g/mol. The molecule has 16 heavy (non-hydrogen) atoms. The molecule has 1 aromatic carbocycles. The van der Waals surface area contributed by atoms with Crippen LogP contribution in [0.4, 0.5) is 5.69 Å². The number of nitrogens with two attached hydrogens (primary N) is 1. The number of nitrogens with zero attached hydrogens (tertiary/aromatic N) is 1. The Balaban J connectivity index is 2.35. The minimum Gasteiger partial charge on any atom is -0.398 e. The van der Waals surface area contributed by atoms with E-state index in [1.54, 1.807) is 0 Å². The second-order valence-electron chi connectivity index (χ2n) is 4.04. The maximum Gasteiger partial charge on any atom is 0.0727 e. The average Bonchev–Trinajstić information content (AvgIpc) is 2.31. The third-order valence-corrected chi connectivity index (χ3v) is 3.25. The first-order chi connectivity index (χ1) is 7.75. The minimum atomic E-state index is 0.699. The third kappa shape index (κ3) is 1.44. The van der Waals surface area contributed by atoms with Crippen LogP contribution < -0.4 is 11.1 Å². The zero-order chi connectivity index (χ0) is 11.1. The van der Waals surface area contributed by atoms with Crippen molar-refractivity contribution in [2.24, 2.45) is 0 Å². The van der Waals surface area contributed by atoms with Crippen LogP contribution in [0.5, 0.6) is 0 Å². The van der Waals surface area contributed by atoms with Crippen LogP contribution in [-0.2, 0) is 13.0 Å². The molecule has 0 spiro atoms. The van der Waals surface area contributed by atoms with Crippen molar-refractivity contribution in [3.63, 3.8) is 0 Å². The first-order valence-corrected chi connectivity index (χ1v) is 5.71. The molecule has 0 aliphatic carbocycles. The molecular weight excluding hydrogens is 222 g/mol. The summed E-state index contributed by atoms with van der Waals surface area (Å²) in [5, 5.41) is 4.96. The van der Waals surface area contributed by atoms with Gasteiger partial charge in [-0.05, 0) is 18.2 Å². The molecule has 82 valence electrons. The van der Waals surface area contributed by atoms with Crippen LogP contribution in [-0.4, -0.2) is 11.5 Å². The van der Waals surface area contributed by atoms with Gasteiger partial charge in [-0.3, -0.25) is 4.98 Å². The Hall–Kier alpha value is -1.32. The van der Waals surface area contributed by atoms with Gasteiger partial charge in [-0.15, -0.1) is 0 Å². The van der Waals surface area contributed by atoms with E-state index in [0.717, 1.165) is 47.4 Å². The number of fused-ring (bicyclic) bond motifs is 2. The van der Waals surface area contributed by atoms with Crippen molar-refractivity contribution < 1.29 is 0 Å². The van der Waals surface area contributed by atoms with Gasteiger partial charge in [0.1, 0.15) is 0 Å². The normalized spacial score (nSPS) is 15.1. The number of nitrogens with one attached hydrogen (secondary N) is 1. The lowest BCUT2D eigenvalue weighted by Gasteiger charge is -2.19. The molecule has 0 amide bonds. The molecule has 4 heteroatoms. The summed E-state index contributed by atoms with van der Waals surface area (Å²) in [7, 11) is 0. The number of aromatic nitrogens is 1. The molecule has 0 saturated carbocycles. The number of nitrogen functional groups attached to an aromatic ring is 1. The first kappa shape index (κ1) is 9.87. The minimum absolute atomic E-state index is 0.699. The Morgan fingerprint density at radius 2 is 2.25 bits per heavy atom. The van der Waals surface area contributed by atoms with Crippen molar-refractivity contribution in [1.29, 1.82) is 0 Å². The first-order valence-electron chi connectivity index (χ1n) is 5.33. The summed E-state index contributed by atoms with van der Waals surface area (Å²) in [5.74, 6) is 0. The van der Waals surface area contributed by atoms with Gasteiger partial charge in [0, 0.05) is 46.9 Å². The van der Waals surface area contributed by atoms with E-state index < -0.39 is 0 Å². The summed E-state index contributed by atoms with van der Waals surface area (Å²) in [6.45, 7) is 1.77. The Morgan fingerprint density at radius 1 is 1.38 bits per heavy atom. The van der Waals surface area contributed by atoms with Crippen LogP contribution >= 0.6 is 11.6 Å². The van der Waals surface area contributed by atoms with Crippen LogP contribution in [0.3, 0.4) is 0 Å². The van der Waals surface area contributed by atoms with Gasteiger partial charge in [-0.2, -0.15) is 0 Å². The van der Waals surface area contributed by atoms with Crippen molar-refractivity contribution in [1.82, 2.24) is 10.3 Å². The predicted octanol–water partition coefficient (Wildman–Crippen LogP) is 2.12. The molecule has 1 aliphatic heterocycles.